The fraction of sp³-hybridized carbons (Fsp3) is 0.600. The number of ether oxygens (including phenoxy) is 1. The number of piperazine rings is 1. The van der Waals surface area contributed by atoms with Crippen LogP contribution in [0, 0.1) is 5.92 Å². The largest absolute Gasteiger partial charge is 0.492 e. The van der Waals surface area contributed by atoms with Crippen molar-refractivity contribution in [3.63, 3.8) is 0 Å². The molecule has 1 fully saturated rings. The topological polar surface area (TPSA) is 73.9 Å². The smallest absolute Gasteiger partial charge is 0.234 e. The van der Waals surface area contributed by atoms with Gasteiger partial charge in [0.05, 0.1) is 19.6 Å². The van der Waals surface area contributed by atoms with E-state index in [-0.39, 0.29) is 11.8 Å². The zero-order chi connectivity index (χ0) is 19.5. The van der Waals surface area contributed by atoms with Gasteiger partial charge in [-0.3, -0.25) is 19.4 Å². The Morgan fingerprint density at radius 2 is 1.52 bits per heavy atom. The van der Waals surface area contributed by atoms with Crippen LogP contribution < -0.4 is 15.4 Å². The summed E-state index contributed by atoms with van der Waals surface area (Å²) in [6.07, 6.45) is 0. The summed E-state index contributed by atoms with van der Waals surface area (Å²) < 4.78 is 5.56. The molecule has 2 amide bonds. The summed E-state index contributed by atoms with van der Waals surface area (Å²) in [5.74, 6) is 1.35. The molecule has 1 aromatic carbocycles. The van der Waals surface area contributed by atoms with Gasteiger partial charge in [-0.25, -0.2) is 0 Å². The molecule has 0 bridgehead atoms. The minimum Gasteiger partial charge on any atom is -0.492 e. The fourth-order valence-electron chi connectivity index (χ4n) is 2.82. The Balaban J connectivity index is 1.54. The Kier molecular flexibility index (Phi) is 9.07. The Morgan fingerprint density at radius 3 is 2.07 bits per heavy atom. The summed E-state index contributed by atoms with van der Waals surface area (Å²) in [5, 5.41) is 5.83. The number of nitrogens with zero attached hydrogens (tertiary/aromatic N) is 2. The number of rotatable bonds is 10. The molecule has 7 nitrogen and oxygen atoms in total. The monoisotopic (exact) mass is 376 g/mol. The standard InChI is InChI=1S/C20H32N4O3/c1-17(2)14-22-20(26)16-24-11-9-23(10-12-24)15-19(25)21-8-13-27-18-6-4-3-5-7-18/h3-7,17H,8-16H2,1-2H3,(H,21,25)(H,22,26). The number of amides is 2. The van der Waals surface area contributed by atoms with E-state index in [0.717, 1.165) is 31.9 Å². The lowest BCUT2D eigenvalue weighted by Crippen LogP contribution is -2.51. The summed E-state index contributed by atoms with van der Waals surface area (Å²) in [4.78, 5) is 28.2. The van der Waals surface area contributed by atoms with Gasteiger partial charge in [0.1, 0.15) is 12.4 Å². The zero-order valence-electron chi connectivity index (χ0n) is 16.4. The summed E-state index contributed by atoms with van der Waals surface area (Å²) in [6, 6.07) is 9.56. The molecule has 0 aromatic heterocycles. The second-order valence-corrected chi connectivity index (χ2v) is 7.26. The van der Waals surface area contributed by atoms with E-state index in [1.165, 1.54) is 0 Å². The minimum atomic E-state index is 0.00906. The Morgan fingerprint density at radius 1 is 0.963 bits per heavy atom. The predicted octanol–water partition coefficient (Wildman–Crippen LogP) is 0.571. The van der Waals surface area contributed by atoms with Crippen molar-refractivity contribution in [1.82, 2.24) is 20.4 Å². The second kappa shape index (κ2) is 11.6. The third-order valence-corrected chi connectivity index (χ3v) is 4.34. The molecule has 1 heterocycles. The van der Waals surface area contributed by atoms with E-state index < -0.39 is 0 Å². The van der Waals surface area contributed by atoms with Crippen molar-refractivity contribution in [3.05, 3.63) is 30.3 Å². The van der Waals surface area contributed by atoms with Gasteiger partial charge >= 0.3 is 0 Å². The van der Waals surface area contributed by atoms with E-state index in [0.29, 0.717) is 38.7 Å². The van der Waals surface area contributed by atoms with E-state index >= 15 is 0 Å². The molecule has 2 N–H and O–H groups in total. The van der Waals surface area contributed by atoms with Crippen LogP contribution in [0.1, 0.15) is 13.8 Å². The molecule has 0 atom stereocenters. The highest BCUT2D eigenvalue weighted by Crippen LogP contribution is 2.07. The number of carbonyl (C=O) groups excluding carboxylic acids is 2. The van der Waals surface area contributed by atoms with E-state index in [4.69, 9.17) is 4.74 Å². The maximum Gasteiger partial charge on any atom is 0.234 e. The van der Waals surface area contributed by atoms with Crippen LogP contribution in [0.3, 0.4) is 0 Å². The highest BCUT2D eigenvalue weighted by atomic mass is 16.5. The van der Waals surface area contributed by atoms with Gasteiger partial charge in [0.25, 0.3) is 0 Å². The molecule has 1 saturated heterocycles. The van der Waals surface area contributed by atoms with Gasteiger partial charge in [-0.05, 0) is 18.1 Å². The van der Waals surface area contributed by atoms with E-state index in [9.17, 15) is 9.59 Å². The highest BCUT2D eigenvalue weighted by Gasteiger charge is 2.20. The number of hydrogen-bond donors (Lipinski definition) is 2. The van der Waals surface area contributed by atoms with Crippen LogP contribution in [0.15, 0.2) is 30.3 Å². The third kappa shape index (κ3) is 8.88. The van der Waals surface area contributed by atoms with E-state index in [2.05, 4.69) is 34.3 Å². The molecule has 1 aliphatic heterocycles. The average Bonchev–Trinajstić information content (AvgIpc) is 2.66. The van der Waals surface area contributed by atoms with Crippen molar-refractivity contribution in [3.8, 4) is 5.75 Å². The minimum absolute atomic E-state index is 0.00906. The molecule has 27 heavy (non-hydrogen) atoms. The van der Waals surface area contributed by atoms with Gasteiger partial charge in [-0.15, -0.1) is 0 Å². The first-order valence-corrected chi connectivity index (χ1v) is 9.69. The van der Waals surface area contributed by atoms with E-state index in [1.807, 2.05) is 30.3 Å². The first-order chi connectivity index (χ1) is 13.0. The van der Waals surface area contributed by atoms with Gasteiger partial charge in [-0.2, -0.15) is 0 Å². The Hall–Kier alpha value is -2.12. The van der Waals surface area contributed by atoms with Crippen LogP contribution in [-0.4, -0.2) is 80.6 Å². The summed E-state index contributed by atoms with van der Waals surface area (Å²) >= 11 is 0. The number of para-hydroxylation sites is 1. The number of benzene rings is 1. The summed E-state index contributed by atoms with van der Waals surface area (Å²) in [5.41, 5.74) is 0. The maximum atomic E-state index is 12.0. The van der Waals surface area contributed by atoms with Crippen molar-refractivity contribution in [2.75, 3.05) is 59.0 Å². The molecule has 0 unspecified atom stereocenters. The van der Waals surface area contributed by atoms with Crippen molar-refractivity contribution in [2.45, 2.75) is 13.8 Å². The fourth-order valence-corrected chi connectivity index (χ4v) is 2.82. The van der Waals surface area contributed by atoms with Gasteiger partial charge in [-0.1, -0.05) is 32.0 Å². The Labute approximate surface area is 162 Å². The number of nitrogens with one attached hydrogen (secondary N) is 2. The first kappa shape index (κ1) is 21.2. The van der Waals surface area contributed by atoms with Crippen molar-refractivity contribution in [1.29, 1.82) is 0 Å². The lowest BCUT2D eigenvalue weighted by Gasteiger charge is -2.33. The summed E-state index contributed by atoms with van der Waals surface area (Å²) in [7, 11) is 0. The van der Waals surface area contributed by atoms with Gasteiger partial charge < -0.3 is 15.4 Å². The molecule has 1 aliphatic rings. The molecule has 0 radical (unpaired) electrons. The van der Waals surface area contributed by atoms with Crippen LogP contribution in [0.5, 0.6) is 5.75 Å². The van der Waals surface area contributed by atoms with Gasteiger partial charge in [0.2, 0.25) is 11.8 Å². The molecule has 150 valence electrons. The van der Waals surface area contributed by atoms with Crippen LogP contribution in [0.2, 0.25) is 0 Å². The molecule has 0 saturated carbocycles. The second-order valence-electron chi connectivity index (χ2n) is 7.26. The normalized spacial score (nSPS) is 15.5. The van der Waals surface area contributed by atoms with Crippen LogP contribution in [-0.2, 0) is 9.59 Å². The molecular formula is C20H32N4O3. The molecule has 7 heteroatoms. The third-order valence-electron chi connectivity index (χ3n) is 4.34. The first-order valence-electron chi connectivity index (χ1n) is 9.69. The van der Waals surface area contributed by atoms with Gasteiger partial charge in [0, 0.05) is 32.7 Å². The van der Waals surface area contributed by atoms with Gasteiger partial charge in [0.15, 0.2) is 0 Å². The lowest BCUT2D eigenvalue weighted by molar-refractivity contribution is -0.125. The Bertz CT molecular complexity index is 572. The maximum absolute atomic E-state index is 12.0. The summed E-state index contributed by atoms with van der Waals surface area (Å²) in [6.45, 7) is 9.85. The van der Waals surface area contributed by atoms with Crippen molar-refractivity contribution < 1.29 is 14.3 Å². The lowest BCUT2D eigenvalue weighted by atomic mass is 10.2. The van der Waals surface area contributed by atoms with Crippen LogP contribution >= 0.6 is 0 Å². The average molecular weight is 377 g/mol. The van der Waals surface area contributed by atoms with Crippen LogP contribution in [0.4, 0.5) is 0 Å². The molecule has 1 aromatic rings. The zero-order valence-corrected chi connectivity index (χ0v) is 16.4. The van der Waals surface area contributed by atoms with Crippen molar-refractivity contribution in [2.24, 2.45) is 5.92 Å². The van der Waals surface area contributed by atoms with Crippen molar-refractivity contribution >= 4 is 11.8 Å². The molecule has 0 aliphatic carbocycles. The quantitative estimate of drug-likeness (QED) is 0.584. The molecular weight excluding hydrogens is 344 g/mol. The SMILES string of the molecule is CC(C)CNC(=O)CN1CCN(CC(=O)NCCOc2ccccc2)CC1. The van der Waals surface area contributed by atoms with Crippen LogP contribution in [0.25, 0.3) is 0 Å². The predicted molar refractivity (Wildman–Crippen MR) is 106 cm³/mol. The van der Waals surface area contributed by atoms with E-state index in [1.54, 1.807) is 0 Å². The highest BCUT2D eigenvalue weighted by molar-refractivity contribution is 5.78. The molecule has 2 rings (SSSR count). The number of hydrogen-bond acceptors (Lipinski definition) is 5. The molecule has 0 spiro atoms. The number of carbonyl (C=O) groups is 2.